The Balaban J connectivity index is 1.64. The average Bonchev–Trinajstić information content (AvgIpc) is 3.33. The van der Waals surface area contributed by atoms with Gasteiger partial charge in [-0.15, -0.1) is 6.42 Å². The second-order valence-corrected chi connectivity index (χ2v) is 11.2. The molecule has 2 aromatic heterocycles. The van der Waals surface area contributed by atoms with E-state index < -0.39 is 13.7 Å². The monoisotopic (exact) mass is 609 g/mol. The number of terminal acetylenes is 1. The Morgan fingerprint density at radius 3 is 2.67 bits per heavy atom. The fourth-order valence-corrected chi connectivity index (χ4v) is 5.30. The number of pyridine rings is 1. The molecule has 0 aliphatic rings. The van der Waals surface area contributed by atoms with Gasteiger partial charge in [0.05, 0.1) is 17.6 Å². The number of carbonyl (C=O) groups is 1. The summed E-state index contributed by atoms with van der Waals surface area (Å²) >= 11 is 0. The Kier molecular flexibility index (Phi) is 10.6. The Labute approximate surface area is 249 Å². The number of hydrogen-bond acceptors (Lipinski definition) is 8. The van der Waals surface area contributed by atoms with E-state index in [4.69, 9.17) is 26.4 Å². The molecular formula is C30H36N5O7P. The fraction of sp³-hybridized carbons (Fsp3) is 0.367. The molecule has 0 aliphatic heterocycles. The number of amides is 1. The average molecular weight is 610 g/mol. The number of aryl methyl sites for hydroxylation is 2. The highest BCUT2D eigenvalue weighted by atomic mass is 31.2. The normalized spacial score (nSPS) is 11.6. The van der Waals surface area contributed by atoms with E-state index in [-0.39, 0.29) is 23.9 Å². The summed E-state index contributed by atoms with van der Waals surface area (Å²) in [7, 11) is -4.94. The van der Waals surface area contributed by atoms with Gasteiger partial charge in [-0.3, -0.25) is 14.6 Å². The smallest absolute Gasteiger partial charge is 0.504 e. The minimum Gasteiger partial charge on any atom is -0.504 e. The lowest BCUT2D eigenvalue weighted by atomic mass is 10.1. The number of nitrogens with two attached hydrogens (primary N) is 1. The standard InChI is InChI=1S/C30H36N5O7P/c1-3-5-12-25-34-27-28(35(25)19-21-10-6-11-24(36)29(21)42-43(38,39)40)22-18-20(13-14-23(22)33-30(27)31)9-7-16-41-17-8-15-32-26(37)4-2/h2,6,10-11,13-14,18,36H,3,5,7-9,12,15-17,19H2,1H3,(H2,31,33)(H,32,37)(H2,38,39,40). The Morgan fingerprint density at radius 1 is 1.14 bits per heavy atom. The lowest BCUT2D eigenvalue weighted by molar-refractivity contribution is -0.115. The van der Waals surface area contributed by atoms with Crippen molar-refractivity contribution in [1.82, 2.24) is 19.9 Å². The second-order valence-electron chi connectivity index (χ2n) is 10.1. The highest BCUT2D eigenvalue weighted by Crippen LogP contribution is 2.44. The van der Waals surface area contributed by atoms with Gasteiger partial charge < -0.3 is 30.0 Å². The number of nitrogens with zero attached hydrogens (tertiary/aromatic N) is 3. The van der Waals surface area contributed by atoms with Crippen LogP contribution in [0.2, 0.25) is 0 Å². The molecule has 43 heavy (non-hydrogen) atoms. The number of unbranched alkanes of at least 4 members (excludes halogenated alkanes) is 1. The lowest BCUT2D eigenvalue weighted by Crippen LogP contribution is -2.23. The van der Waals surface area contributed by atoms with E-state index in [1.807, 2.05) is 22.6 Å². The van der Waals surface area contributed by atoms with Crippen molar-refractivity contribution < 1.29 is 33.5 Å². The van der Waals surface area contributed by atoms with Crippen molar-refractivity contribution in [3.8, 4) is 23.8 Å². The molecule has 0 atom stereocenters. The largest absolute Gasteiger partial charge is 0.524 e. The summed E-state index contributed by atoms with van der Waals surface area (Å²) < 4.78 is 24.2. The summed E-state index contributed by atoms with van der Waals surface area (Å²) in [5, 5.41) is 13.8. The summed E-state index contributed by atoms with van der Waals surface area (Å²) in [6, 6.07) is 10.5. The highest BCUT2D eigenvalue weighted by molar-refractivity contribution is 7.46. The molecule has 228 valence electrons. The molecule has 0 radical (unpaired) electrons. The number of rotatable bonds is 15. The summed E-state index contributed by atoms with van der Waals surface area (Å²) in [5.74, 6) is 1.92. The van der Waals surface area contributed by atoms with Crippen LogP contribution in [0.25, 0.3) is 21.9 Å². The van der Waals surface area contributed by atoms with Gasteiger partial charge in [0.2, 0.25) is 0 Å². The van der Waals surface area contributed by atoms with Gasteiger partial charge in [-0.1, -0.05) is 31.5 Å². The van der Waals surface area contributed by atoms with Gasteiger partial charge in [-0.25, -0.2) is 14.5 Å². The number of nitrogen functional groups attached to an aromatic ring is 1. The van der Waals surface area contributed by atoms with Crippen LogP contribution in [-0.2, 0) is 33.5 Å². The van der Waals surface area contributed by atoms with Crippen molar-refractivity contribution in [1.29, 1.82) is 0 Å². The van der Waals surface area contributed by atoms with Crippen molar-refractivity contribution >= 4 is 41.5 Å². The number of fused-ring (bicyclic) bond motifs is 3. The first-order valence-corrected chi connectivity index (χ1v) is 15.6. The minimum absolute atomic E-state index is 0.123. The lowest BCUT2D eigenvalue weighted by Gasteiger charge is -2.16. The summed E-state index contributed by atoms with van der Waals surface area (Å²) in [6.07, 6.45) is 9.66. The number of benzene rings is 2. The molecule has 0 saturated carbocycles. The van der Waals surface area contributed by atoms with Gasteiger partial charge in [0.25, 0.3) is 5.91 Å². The minimum atomic E-state index is -4.94. The molecule has 4 aromatic rings. The number of hydrogen-bond donors (Lipinski definition) is 5. The fourth-order valence-electron chi connectivity index (χ4n) is 4.85. The third-order valence-corrected chi connectivity index (χ3v) is 7.27. The second kappa shape index (κ2) is 14.4. The molecule has 0 unspecified atom stereocenters. The Bertz CT molecular complexity index is 1690. The first-order valence-electron chi connectivity index (χ1n) is 14.1. The van der Waals surface area contributed by atoms with Crippen LogP contribution in [0.3, 0.4) is 0 Å². The van der Waals surface area contributed by atoms with Gasteiger partial charge in [0.15, 0.2) is 17.3 Å². The zero-order valence-electron chi connectivity index (χ0n) is 24.0. The van der Waals surface area contributed by atoms with Crippen LogP contribution < -0.4 is 15.6 Å². The van der Waals surface area contributed by atoms with Crippen molar-refractivity contribution in [2.75, 3.05) is 25.5 Å². The van der Waals surface area contributed by atoms with Gasteiger partial charge >= 0.3 is 7.82 Å². The molecule has 2 heterocycles. The van der Waals surface area contributed by atoms with Crippen LogP contribution in [-0.4, -0.2) is 55.1 Å². The Hall–Kier alpha value is -4.14. The predicted octanol–water partition coefficient (Wildman–Crippen LogP) is 3.82. The van der Waals surface area contributed by atoms with Crippen LogP contribution >= 0.6 is 7.82 Å². The summed E-state index contributed by atoms with van der Waals surface area (Å²) in [5.41, 5.74) is 9.77. The van der Waals surface area contributed by atoms with Gasteiger partial charge in [0.1, 0.15) is 11.3 Å². The number of nitrogens with one attached hydrogen (secondary N) is 1. The maximum Gasteiger partial charge on any atom is 0.524 e. The number of carbonyl (C=O) groups excluding carboxylic acids is 1. The third kappa shape index (κ3) is 8.24. The Morgan fingerprint density at radius 2 is 1.93 bits per heavy atom. The maximum absolute atomic E-state index is 11.7. The quantitative estimate of drug-likeness (QED) is 0.0755. The number of ether oxygens (including phenoxy) is 1. The number of para-hydroxylation sites is 1. The number of aromatic nitrogens is 3. The first kappa shape index (κ1) is 31.8. The van der Waals surface area contributed by atoms with Crippen LogP contribution in [0.1, 0.15) is 49.6 Å². The maximum atomic E-state index is 11.7. The predicted molar refractivity (Wildman–Crippen MR) is 164 cm³/mol. The molecule has 0 bridgehead atoms. The van der Waals surface area contributed by atoms with Crippen LogP contribution in [0.15, 0.2) is 36.4 Å². The SMILES string of the molecule is C#CC(=O)NCCCOCCCc1ccc2nc(N)c3nc(CCCC)n(Cc4cccc(O)c4OP(=O)(O)O)c3c2c1. The first-order chi connectivity index (χ1) is 20.6. The van der Waals surface area contributed by atoms with E-state index in [9.17, 15) is 24.3 Å². The highest BCUT2D eigenvalue weighted by Gasteiger charge is 2.24. The van der Waals surface area contributed by atoms with Crippen LogP contribution in [0.5, 0.6) is 11.5 Å². The number of phosphoric acid groups is 1. The van der Waals surface area contributed by atoms with Gasteiger partial charge in [-0.2, -0.15) is 0 Å². The molecule has 6 N–H and O–H groups in total. The summed E-state index contributed by atoms with van der Waals surface area (Å²) in [6.45, 7) is 3.72. The van der Waals surface area contributed by atoms with Crippen LogP contribution in [0.4, 0.5) is 5.82 Å². The van der Waals surface area contributed by atoms with Crippen molar-refractivity contribution in [3.63, 3.8) is 0 Å². The number of phenols is 1. The summed E-state index contributed by atoms with van der Waals surface area (Å²) in [4.78, 5) is 39.5. The molecule has 13 heteroatoms. The number of phenolic OH excluding ortho intramolecular Hbond substituents is 1. The van der Waals surface area contributed by atoms with E-state index in [1.165, 1.54) is 6.07 Å². The molecule has 0 spiro atoms. The van der Waals surface area contributed by atoms with E-state index in [2.05, 4.69) is 23.3 Å². The number of aromatic hydroxyl groups is 1. The molecule has 12 nitrogen and oxygen atoms in total. The van der Waals surface area contributed by atoms with Crippen molar-refractivity contribution in [2.45, 2.75) is 52.0 Å². The molecule has 4 rings (SSSR count). The topological polar surface area (TPSA) is 182 Å². The van der Waals surface area contributed by atoms with Crippen molar-refractivity contribution in [3.05, 3.63) is 53.3 Å². The van der Waals surface area contributed by atoms with E-state index in [1.54, 1.807) is 12.1 Å². The van der Waals surface area contributed by atoms with Crippen molar-refractivity contribution in [2.24, 2.45) is 0 Å². The van der Waals surface area contributed by atoms with E-state index in [0.29, 0.717) is 49.2 Å². The molecule has 0 saturated heterocycles. The van der Waals surface area contributed by atoms with Gasteiger partial charge in [0, 0.05) is 37.1 Å². The number of imidazole rings is 1. The van der Waals surface area contributed by atoms with Crippen LogP contribution in [0, 0.1) is 12.3 Å². The zero-order chi connectivity index (χ0) is 31.0. The molecule has 0 aliphatic carbocycles. The number of anilines is 1. The molecule has 1 amide bonds. The molecule has 2 aromatic carbocycles. The van der Waals surface area contributed by atoms with Gasteiger partial charge in [-0.05, 0) is 55.4 Å². The third-order valence-electron chi connectivity index (χ3n) is 6.85. The molecular weight excluding hydrogens is 573 g/mol. The van der Waals surface area contributed by atoms with E-state index in [0.717, 1.165) is 48.0 Å². The zero-order valence-corrected chi connectivity index (χ0v) is 24.8. The molecule has 0 fully saturated rings. The number of phosphoric ester groups is 1. The van der Waals surface area contributed by atoms with E-state index >= 15 is 0 Å².